The van der Waals surface area contributed by atoms with E-state index in [1.807, 2.05) is 48.5 Å². The van der Waals surface area contributed by atoms with E-state index in [0.29, 0.717) is 35.0 Å². The van der Waals surface area contributed by atoms with Crippen LogP contribution in [-0.2, 0) is 19.4 Å². The van der Waals surface area contributed by atoms with Crippen LogP contribution in [0, 0.1) is 23.7 Å². The molecule has 2 aliphatic rings. The molecule has 0 aliphatic carbocycles. The highest BCUT2D eigenvalue weighted by atomic mass is 32.2. The van der Waals surface area contributed by atoms with Crippen LogP contribution >= 0.6 is 48.0 Å². The van der Waals surface area contributed by atoms with Crippen molar-refractivity contribution in [2.24, 2.45) is 23.7 Å². The summed E-state index contributed by atoms with van der Waals surface area (Å²) in [5, 5.41) is 5.89. The van der Waals surface area contributed by atoms with Gasteiger partial charge >= 0.3 is 0 Å². The highest BCUT2D eigenvalue weighted by Gasteiger charge is 2.25. The molecule has 2 amide bonds. The molecule has 13 heteroatoms. The molecule has 4 aromatic carbocycles. The monoisotopic (exact) mass is 858 g/mol. The molecular weight excluding hydrogens is 809 g/mol. The minimum atomic E-state index is -3.75. The summed E-state index contributed by atoms with van der Waals surface area (Å²) in [5.41, 5.74) is 4.88. The number of carbonyl (C=O) groups excluding carboxylic acids is 2. The van der Waals surface area contributed by atoms with Crippen LogP contribution in [-0.4, -0.2) is 76.4 Å². The first-order chi connectivity index (χ1) is 27.2. The Bertz CT molecular complexity index is 1990. The Balaban J connectivity index is 0.979. The van der Waals surface area contributed by atoms with E-state index in [4.69, 9.17) is 24.4 Å². The molecule has 57 heavy (non-hydrogen) atoms. The second-order valence-electron chi connectivity index (χ2n) is 15.6. The first kappa shape index (κ1) is 42.8. The lowest BCUT2D eigenvalue weighted by atomic mass is 9.92. The third kappa shape index (κ3) is 11.7. The van der Waals surface area contributed by atoms with E-state index in [1.165, 1.54) is 36.4 Å². The van der Waals surface area contributed by atoms with E-state index < -0.39 is 9.84 Å². The van der Waals surface area contributed by atoms with Gasteiger partial charge in [-0.2, -0.15) is 0 Å². The number of nitrogens with one attached hydrogen (secondary N) is 2. The van der Waals surface area contributed by atoms with Gasteiger partial charge in [0.25, 0.3) is 0 Å². The lowest BCUT2D eigenvalue weighted by Crippen LogP contribution is -2.41. The maximum absolute atomic E-state index is 13.5. The molecule has 2 saturated heterocycles. The van der Waals surface area contributed by atoms with Gasteiger partial charge in [-0.1, -0.05) is 124 Å². The normalized spacial score (nSPS) is 19.8. The predicted molar refractivity (Wildman–Crippen MR) is 246 cm³/mol. The Labute approximate surface area is 356 Å². The number of amides is 2. The van der Waals surface area contributed by atoms with Crippen LogP contribution in [0.4, 0.5) is 11.4 Å². The van der Waals surface area contributed by atoms with Crippen molar-refractivity contribution in [3.05, 3.63) is 97.1 Å². The van der Waals surface area contributed by atoms with Crippen LogP contribution in [0.2, 0.25) is 0 Å². The first-order valence-corrected chi connectivity index (χ1v) is 23.6. The molecular formula is C44H50N4O4S5. The van der Waals surface area contributed by atoms with E-state index in [-0.39, 0.29) is 33.1 Å². The van der Waals surface area contributed by atoms with Gasteiger partial charge in [0, 0.05) is 37.6 Å². The van der Waals surface area contributed by atoms with Gasteiger partial charge in [-0.25, -0.2) is 8.42 Å². The number of rotatable bonds is 10. The maximum atomic E-state index is 13.5. The first-order valence-electron chi connectivity index (χ1n) is 19.3. The molecule has 6 rings (SSSR count). The molecule has 4 atom stereocenters. The van der Waals surface area contributed by atoms with Gasteiger partial charge < -0.3 is 20.4 Å². The Morgan fingerprint density at radius 3 is 1.12 bits per heavy atom. The van der Waals surface area contributed by atoms with Gasteiger partial charge in [0.05, 0.1) is 21.3 Å². The number of sulfone groups is 1. The summed E-state index contributed by atoms with van der Waals surface area (Å²) in [6.07, 6.45) is 2.41. The van der Waals surface area contributed by atoms with Gasteiger partial charge in [-0.15, -0.1) is 0 Å². The van der Waals surface area contributed by atoms with Crippen molar-refractivity contribution in [1.82, 2.24) is 9.80 Å². The summed E-state index contributed by atoms with van der Waals surface area (Å²) in [6, 6.07) is 28.6. The lowest BCUT2D eigenvalue weighted by Gasteiger charge is -2.36. The van der Waals surface area contributed by atoms with Crippen LogP contribution in [0.25, 0.3) is 22.3 Å². The number of anilines is 2. The number of likely N-dealkylation sites (tertiary alicyclic amines) is 2. The molecule has 2 N–H and O–H groups in total. The zero-order chi connectivity index (χ0) is 40.7. The van der Waals surface area contributed by atoms with E-state index in [2.05, 4.69) is 48.1 Å². The highest BCUT2D eigenvalue weighted by Crippen LogP contribution is 2.30. The van der Waals surface area contributed by atoms with Crippen LogP contribution in [0.3, 0.4) is 0 Å². The van der Waals surface area contributed by atoms with Crippen LogP contribution in [0.5, 0.6) is 0 Å². The molecule has 4 aromatic rings. The van der Waals surface area contributed by atoms with Crippen molar-refractivity contribution in [2.45, 2.75) is 50.3 Å². The van der Waals surface area contributed by atoms with E-state index in [9.17, 15) is 18.0 Å². The number of thiocarbonyl (C=S) groups is 2. The summed E-state index contributed by atoms with van der Waals surface area (Å²) in [7, 11) is -3.75. The van der Waals surface area contributed by atoms with Crippen LogP contribution in [0.1, 0.15) is 40.5 Å². The number of thioether (sulfide) groups is 2. The highest BCUT2D eigenvalue weighted by molar-refractivity contribution is 8.23. The summed E-state index contributed by atoms with van der Waals surface area (Å²) < 4.78 is 28.6. The number of carbonyl (C=O) groups is 2. The Morgan fingerprint density at radius 2 is 0.825 bits per heavy atom. The third-order valence-corrected chi connectivity index (χ3v) is 15.1. The number of benzene rings is 4. The van der Waals surface area contributed by atoms with Gasteiger partial charge in [-0.05, 0) is 107 Å². The average molecular weight is 859 g/mol. The number of hydrogen-bond acceptors (Lipinski definition) is 8. The fourth-order valence-electron chi connectivity index (χ4n) is 7.74. The molecule has 0 bridgehead atoms. The second-order valence-corrected chi connectivity index (χ2v) is 20.8. The van der Waals surface area contributed by atoms with Crippen molar-refractivity contribution in [2.75, 3.05) is 48.3 Å². The molecule has 0 spiro atoms. The molecule has 2 fully saturated rings. The van der Waals surface area contributed by atoms with E-state index >= 15 is 0 Å². The summed E-state index contributed by atoms with van der Waals surface area (Å²) in [4.78, 5) is 30.2. The standard InChI is InChI=1S/C44H50N4O4S5/c1-29-21-30(2)24-47(23-29)43(53)55-27-41(49)45-37-13-5-33(6-14-37)35-9-17-39(18-10-35)57(51,52)40-19-11-36(12-20-40)34-7-15-38(16-8-34)46-42(50)28-56-44(54)48-25-31(3)22-32(4)26-48/h5-20,29-32H,21-28H2,1-4H3,(H,45,49)(H,46,50)/t29-,30+,31-,32+. The van der Waals surface area contributed by atoms with Gasteiger partial charge in [0.15, 0.2) is 0 Å². The minimum absolute atomic E-state index is 0.113. The fourth-order valence-corrected chi connectivity index (χ4v) is 11.0. The summed E-state index contributed by atoms with van der Waals surface area (Å²) in [6.45, 7) is 12.7. The summed E-state index contributed by atoms with van der Waals surface area (Å²) in [5.74, 6) is 2.65. The molecule has 0 saturated carbocycles. The van der Waals surface area contributed by atoms with Gasteiger partial charge in [0.1, 0.15) is 8.64 Å². The average Bonchev–Trinajstić information content (AvgIpc) is 3.19. The Morgan fingerprint density at radius 1 is 0.544 bits per heavy atom. The van der Waals surface area contributed by atoms with Crippen molar-refractivity contribution in [3.8, 4) is 22.3 Å². The lowest BCUT2D eigenvalue weighted by molar-refractivity contribution is -0.114. The smallest absolute Gasteiger partial charge is 0.234 e. The molecule has 8 nitrogen and oxygen atoms in total. The van der Waals surface area contributed by atoms with Crippen molar-refractivity contribution >= 4 is 89.6 Å². The SMILES string of the molecule is C[C@@H]1C[C@H](C)CN(C(=S)SCC(=O)Nc2ccc(-c3ccc(S(=O)(=O)c4ccc(-c5ccc(NC(=O)CSC(=S)N6C[C@H](C)C[C@H](C)C6)cc5)cc4)cc3)cc2)C1. The zero-order valence-corrected chi connectivity index (χ0v) is 36.9. The molecule has 300 valence electrons. The van der Waals surface area contributed by atoms with Crippen molar-refractivity contribution < 1.29 is 18.0 Å². The second kappa shape index (κ2) is 19.3. The Hall–Kier alpha value is -3.75. The van der Waals surface area contributed by atoms with E-state index in [1.54, 1.807) is 48.5 Å². The van der Waals surface area contributed by atoms with Crippen molar-refractivity contribution in [1.29, 1.82) is 0 Å². The van der Waals surface area contributed by atoms with Crippen LogP contribution < -0.4 is 10.6 Å². The minimum Gasteiger partial charge on any atom is -0.357 e. The zero-order valence-electron chi connectivity index (χ0n) is 32.8. The Kier molecular flexibility index (Phi) is 14.5. The van der Waals surface area contributed by atoms with Gasteiger partial charge in [-0.3, -0.25) is 9.59 Å². The van der Waals surface area contributed by atoms with Crippen molar-refractivity contribution in [3.63, 3.8) is 0 Å². The molecule has 2 aliphatic heterocycles. The number of piperidine rings is 2. The largest absolute Gasteiger partial charge is 0.357 e. The maximum Gasteiger partial charge on any atom is 0.234 e. The molecule has 0 radical (unpaired) electrons. The molecule has 2 heterocycles. The third-order valence-electron chi connectivity index (χ3n) is 10.2. The topological polar surface area (TPSA) is 98.8 Å². The number of nitrogens with zero attached hydrogens (tertiary/aromatic N) is 2. The van der Waals surface area contributed by atoms with E-state index in [0.717, 1.165) is 57.1 Å². The predicted octanol–water partition coefficient (Wildman–Crippen LogP) is 9.72. The molecule has 0 unspecified atom stereocenters. The molecule has 0 aromatic heterocycles. The van der Waals surface area contributed by atoms with Crippen LogP contribution in [0.15, 0.2) is 107 Å². The summed E-state index contributed by atoms with van der Waals surface area (Å²) >= 11 is 14.0. The fraction of sp³-hybridized carbons (Fsp3) is 0.364. The quantitative estimate of drug-likeness (QED) is 0.150. The van der Waals surface area contributed by atoms with Gasteiger partial charge in [0.2, 0.25) is 21.7 Å². The number of hydrogen-bond donors (Lipinski definition) is 2.